The van der Waals surface area contributed by atoms with Crippen molar-refractivity contribution in [3.63, 3.8) is 0 Å². The highest BCUT2D eigenvalue weighted by Gasteiger charge is 2.12. The van der Waals surface area contributed by atoms with Gasteiger partial charge in [-0.25, -0.2) is 9.97 Å². The zero-order valence-corrected chi connectivity index (χ0v) is 10.9. The first-order valence-electron chi connectivity index (χ1n) is 5.71. The van der Waals surface area contributed by atoms with Gasteiger partial charge in [0.2, 0.25) is 5.28 Å². The van der Waals surface area contributed by atoms with Gasteiger partial charge in [0, 0.05) is 18.0 Å². The minimum absolute atomic E-state index is 0.239. The number of hydrogen-bond acceptors (Lipinski definition) is 4. The topological polar surface area (TPSA) is 56.5 Å². The molecule has 0 aliphatic rings. The van der Waals surface area contributed by atoms with E-state index >= 15 is 0 Å². The van der Waals surface area contributed by atoms with E-state index < -0.39 is 0 Å². The molecule has 5 nitrogen and oxygen atoms in total. The van der Waals surface area contributed by atoms with Gasteiger partial charge in [-0.15, -0.1) is 5.10 Å². The fourth-order valence-corrected chi connectivity index (χ4v) is 1.92. The van der Waals surface area contributed by atoms with Crippen LogP contribution in [0.4, 0.5) is 0 Å². The highest BCUT2D eigenvalue weighted by Crippen LogP contribution is 2.20. The van der Waals surface area contributed by atoms with E-state index in [1.807, 2.05) is 31.2 Å². The van der Waals surface area contributed by atoms with Gasteiger partial charge in [0.15, 0.2) is 5.82 Å². The number of nitrogens with zero attached hydrogens (tertiary/aromatic N) is 5. The van der Waals surface area contributed by atoms with Crippen molar-refractivity contribution in [1.29, 1.82) is 0 Å². The molecule has 94 valence electrons. The smallest absolute Gasteiger partial charge is 0.220 e. The van der Waals surface area contributed by atoms with E-state index in [1.54, 1.807) is 18.5 Å². The van der Waals surface area contributed by atoms with Gasteiger partial charge in [-0.1, -0.05) is 23.8 Å². The maximum absolute atomic E-state index is 6.08. The Morgan fingerprint density at radius 1 is 1.11 bits per heavy atom. The molecule has 0 amide bonds. The molecule has 3 aromatic rings. The van der Waals surface area contributed by atoms with Crippen LogP contribution in [0.25, 0.3) is 17.3 Å². The maximum Gasteiger partial charge on any atom is 0.253 e. The average Bonchev–Trinajstić information content (AvgIpc) is 2.82. The third kappa shape index (κ3) is 2.32. The molecular weight excluding hydrogens is 262 g/mol. The van der Waals surface area contributed by atoms with E-state index in [9.17, 15) is 0 Å². The summed E-state index contributed by atoms with van der Waals surface area (Å²) in [5, 5.41) is 4.58. The van der Waals surface area contributed by atoms with Crippen molar-refractivity contribution in [2.24, 2.45) is 0 Å². The molecule has 2 aromatic heterocycles. The molecule has 0 fully saturated rings. The second-order valence-corrected chi connectivity index (χ2v) is 4.37. The molecule has 6 heteroatoms. The molecule has 0 saturated heterocycles. The lowest BCUT2D eigenvalue weighted by atomic mass is 10.1. The summed E-state index contributed by atoms with van der Waals surface area (Å²) in [6.45, 7) is 2.02. The van der Waals surface area contributed by atoms with E-state index in [1.165, 1.54) is 4.68 Å². The highest BCUT2D eigenvalue weighted by atomic mass is 35.5. The zero-order valence-electron chi connectivity index (χ0n) is 10.2. The van der Waals surface area contributed by atoms with E-state index in [-0.39, 0.29) is 5.28 Å². The van der Waals surface area contributed by atoms with Gasteiger partial charge in [0.05, 0.1) is 0 Å². The molecule has 0 N–H and O–H groups in total. The number of rotatable bonds is 2. The van der Waals surface area contributed by atoms with E-state index in [0.29, 0.717) is 11.8 Å². The summed E-state index contributed by atoms with van der Waals surface area (Å²) in [7, 11) is 0. The third-order valence-electron chi connectivity index (χ3n) is 2.59. The Balaban J connectivity index is 2.07. The number of hydrogen-bond donors (Lipinski definition) is 0. The summed E-state index contributed by atoms with van der Waals surface area (Å²) in [4.78, 5) is 12.4. The lowest BCUT2D eigenvalue weighted by molar-refractivity contribution is 0.809. The standard InChI is InChI=1S/C13H10ClN5/c1-9-4-2-5-10(8-9)11-17-12(14)19(18-11)13-15-6-3-7-16-13/h2-8H,1H3. The van der Waals surface area contributed by atoms with Crippen molar-refractivity contribution >= 4 is 11.6 Å². The summed E-state index contributed by atoms with van der Waals surface area (Å²) < 4.78 is 1.42. The summed E-state index contributed by atoms with van der Waals surface area (Å²) in [5.41, 5.74) is 2.05. The Morgan fingerprint density at radius 2 is 1.89 bits per heavy atom. The lowest BCUT2D eigenvalue weighted by Crippen LogP contribution is -2.02. The van der Waals surface area contributed by atoms with E-state index in [0.717, 1.165) is 11.1 Å². The number of benzene rings is 1. The summed E-state index contributed by atoms with van der Waals surface area (Å²) in [6, 6.07) is 9.65. The van der Waals surface area contributed by atoms with Crippen LogP contribution >= 0.6 is 11.6 Å². The van der Waals surface area contributed by atoms with Crippen LogP contribution in [-0.4, -0.2) is 24.7 Å². The second kappa shape index (κ2) is 4.78. The monoisotopic (exact) mass is 271 g/mol. The largest absolute Gasteiger partial charge is 0.253 e. The lowest BCUT2D eigenvalue weighted by Gasteiger charge is -1.98. The predicted molar refractivity (Wildman–Crippen MR) is 72.1 cm³/mol. The molecular formula is C13H10ClN5. The summed E-state index contributed by atoms with van der Waals surface area (Å²) in [5.74, 6) is 0.958. The molecule has 3 rings (SSSR count). The van der Waals surface area contributed by atoms with Gasteiger partial charge in [0.1, 0.15) is 0 Å². The molecule has 0 unspecified atom stereocenters. The van der Waals surface area contributed by atoms with Crippen molar-refractivity contribution < 1.29 is 0 Å². The van der Waals surface area contributed by atoms with Crippen LogP contribution in [-0.2, 0) is 0 Å². The first-order chi connectivity index (χ1) is 9.24. The van der Waals surface area contributed by atoms with Gasteiger partial charge in [-0.3, -0.25) is 0 Å². The SMILES string of the molecule is Cc1cccc(-c2nc(Cl)n(-c3ncccn3)n2)c1. The first kappa shape index (κ1) is 11.8. The normalized spacial score (nSPS) is 10.6. The van der Waals surface area contributed by atoms with Gasteiger partial charge in [-0.05, 0) is 30.7 Å². The van der Waals surface area contributed by atoms with Crippen LogP contribution in [0, 0.1) is 6.92 Å². The van der Waals surface area contributed by atoms with Crippen LogP contribution in [0.1, 0.15) is 5.56 Å². The average molecular weight is 272 g/mol. The van der Waals surface area contributed by atoms with Crippen molar-refractivity contribution in [2.45, 2.75) is 6.92 Å². The maximum atomic E-state index is 6.08. The molecule has 1 aromatic carbocycles. The van der Waals surface area contributed by atoms with Gasteiger partial charge in [0.25, 0.3) is 5.95 Å². The molecule has 0 saturated carbocycles. The Hall–Kier alpha value is -2.27. The number of aryl methyl sites for hydroxylation is 1. The molecule has 19 heavy (non-hydrogen) atoms. The fourth-order valence-electron chi connectivity index (χ4n) is 1.73. The minimum Gasteiger partial charge on any atom is -0.220 e. The van der Waals surface area contributed by atoms with Crippen LogP contribution in [0.5, 0.6) is 0 Å². The number of aromatic nitrogens is 5. The Morgan fingerprint density at radius 3 is 2.63 bits per heavy atom. The molecule has 2 heterocycles. The molecule has 0 aliphatic carbocycles. The Kier molecular flexibility index (Phi) is 2.97. The molecule has 0 radical (unpaired) electrons. The summed E-state index contributed by atoms with van der Waals surface area (Å²) >= 11 is 6.08. The van der Waals surface area contributed by atoms with Crippen LogP contribution in [0.2, 0.25) is 5.28 Å². The Bertz CT molecular complexity index is 708. The third-order valence-corrected chi connectivity index (χ3v) is 2.83. The van der Waals surface area contributed by atoms with E-state index in [4.69, 9.17) is 11.6 Å². The fraction of sp³-hybridized carbons (Fsp3) is 0.0769. The van der Waals surface area contributed by atoms with Crippen molar-refractivity contribution in [3.05, 3.63) is 53.6 Å². The second-order valence-electron chi connectivity index (χ2n) is 4.03. The zero-order chi connectivity index (χ0) is 13.2. The van der Waals surface area contributed by atoms with Crippen molar-refractivity contribution in [3.8, 4) is 17.3 Å². The minimum atomic E-state index is 0.239. The van der Waals surface area contributed by atoms with E-state index in [2.05, 4.69) is 20.1 Å². The van der Waals surface area contributed by atoms with Crippen LogP contribution in [0.15, 0.2) is 42.7 Å². The van der Waals surface area contributed by atoms with Crippen LogP contribution < -0.4 is 0 Å². The highest BCUT2D eigenvalue weighted by molar-refractivity contribution is 6.28. The first-order valence-corrected chi connectivity index (χ1v) is 6.09. The molecule has 0 bridgehead atoms. The van der Waals surface area contributed by atoms with Gasteiger partial charge >= 0.3 is 0 Å². The Labute approximate surface area is 114 Å². The molecule has 0 spiro atoms. The van der Waals surface area contributed by atoms with Crippen molar-refractivity contribution in [1.82, 2.24) is 24.7 Å². The van der Waals surface area contributed by atoms with Gasteiger partial charge < -0.3 is 0 Å². The predicted octanol–water partition coefficient (Wildman–Crippen LogP) is 2.69. The summed E-state index contributed by atoms with van der Waals surface area (Å²) in [6.07, 6.45) is 3.26. The van der Waals surface area contributed by atoms with Crippen molar-refractivity contribution in [2.75, 3.05) is 0 Å². The number of halogens is 1. The quantitative estimate of drug-likeness (QED) is 0.719. The molecule has 0 aliphatic heterocycles. The van der Waals surface area contributed by atoms with Crippen LogP contribution in [0.3, 0.4) is 0 Å². The van der Waals surface area contributed by atoms with Gasteiger partial charge in [-0.2, -0.15) is 9.67 Å². The molecule has 0 atom stereocenters.